The summed E-state index contributed by atoms with van der Waals surface area (Å²) in [5.41, 5.74) is -0.651. The number of hydrogen-bond donors (Lipinski definition) is 0. The van der Waals surface area contributed by atoms with Crippen LogP contribution in [-0.4, -0.2) is 0 Å². The Balaban J connectivity index is 1.48. The lowest BCUT2D eigenvalue weighted by molar-refractivity contribution is -0.189. The summed E-state index contributed by atoms with van der Waals surface area (Å²) in [6, 6.07) is 11.9. The summed E-state index contributed by atoms with van der Waals surface area (Å²) in [6.07, 6.45) is -1.73. The van der Waals surface area contributed by atoms with Gasteiger partial charge in [0.05, 0.1) is 5.56 Å². The van der Waals surface area contributed by atoms with E-state index in [4.69, 9.17) is 0 Å². The topological polar surface area (TPSA) is 9.23 Å². The Hall–Kier alpha value is -4.32. The molecule has 0 aliphatic rings. The van der Waals surface area contributed by atoms with E-state index in [0.29, 0.717) is 30.0 Å². The minimum atomic E-state index is -4.42. The molecule has 0 N–H and O–H groups in total. The molecule has 1 nitrogen and oxygen atoms in total. The number of hydrogen-bond acceptors (Lipinski definition) is 1. The lowest BCUT2D eigenvalue weighted by atomic mass is 10.0. The first-order chi connectivity index (χ1) is 19.5. The number of alkyl halides is 2. The zero-order chi connectivity index (χ0) is 29.7. The molecule has 0 aliphatic heterocycles. The first-order valence-corrected chi connectivity index (χ1v) is 12.6. The smallest absolute Gasteiger partial charge is 0.429 e. The molecule has 41 heavy (non-hydrogen) atoms. The number of halogens is 8. The second-order valence-corrected chi connectivity index (χ2v) is 9.23. The fraction of sp³-hybridized carbons (Fsp3) is 0.188. The van der Waals surface area contributed by atoms with Gasteiger partial charge in [-0.3, -0.25) is 0 Å². The van der Waals surface area contributed by atoms with Crippen molar-refractivity contribution >= 4 is 0 Å². The molecule has 4 aromatic carbocycles. The molecule has 0 unspecified atom stereocenters. The lowest BCUT2D eigenvalue weighted by Crippen LogP contribution is -2.25. The SMILES string of the molecule is CCCCCc1cc(F)c(C(F)(F)Oc2ccc(C#Cc3ccc(-c4cc(F)c(F)c(F)c4)cc3)c(F)c2)c(F)c1. The summed E-state index contributed by atoms with van der Waals surface area (Å²) in [5.74, 6) is -3.70. The largest absolute Gasteiger partial charge is 0.432 e. The molecule has 0 atom stereocenters. The van der Waals surface area contributed by atoms with E-state index in [2.05, 4.69) is 16.6 Å². The fourth-order valence-electron chi connectivity index (χ4n) is 4.09. The van der Waals surface area contributed by atoms with Gasteiger partial charge in [0.1, 0.15) is 28.8 Å². The van der Waals surface area contributed by atoms with Gasteiger partial charge in [-0.05, 0) is 78.1 Å². The van der Waals surface area contributed by atoms with Gasteiger partial charge in [0.25, 0.3) is 0 Å². The van der Waals surface area contributed by atoms with E-state index >= 15 is 0 Å². The highest BCUT2D eigenvalue weighted by Gasteiger charge is 2.41. The quantitative estimate of drug-likeness (QED) is 0.0882. The molecule has 212 valence electrons. The van der Waals surface area contributed by atoms with Crippen molar-refractivity contribution in [3.63, 3.8) is 0 Å². The van der Waals surface area contributed by atoms with Gasteiger partial charge >= 0.3 is 6.11 Å². The van der Waals surface area contributed by atoms with Crippen LogP contribution in [0, 0.1) is 46.7 Å². The van der Waals surface area contributed by atoms with Crippen molar-refractivity contribution in [3.05, 3.63) is 124 Å². The molecule has 0 bridgehead atoms. The maximum absolute atomic E-state index is 14.7. The Labute approximate surface area is 231 Å². The van der Waals surface area contributed by atoms with Gasteiger partial charge in [0, 0.05) is 11.6 Å². The number of benzene rings is 4. The number of unbranched alkanes of at least 4 members (excludes halogenated alkanes) is 2. The van der Waals surface area contributed by atoms with Crippen molar-refractivity contribution in [2.45, 2.75) is 38.7 Å². The third-order valence-corrected chi connectivity index (χ3v) is 6.19. The predicted molar refractivity (Wildman–Crippen MR) is 138 cm³/mol. The van der Waals surface area contributed by atoms with Crippen LogP contribution in [0.25, 0.3) is 11.1 Å². The van der Waals surface area contributed by atoms with Gasteiger partial charge in [-0.25, -0.2) is 26.3 Å². The van der Waals surface area contributed by atoms with Crippen molar-refractivity contribution in [2.75, 3.05) is 0 Å². The van der Waals surface area contributed by atoms with Gasteiger partial charge in [0.2, 0.25) is 0 Å². The van der Waals surface area contributed by atoms with Crippen LogP contribution >= 0.6 is 0 Å². The minimum Gasteiger partial charge on any atom is -0.429 e. The van der Waals surface area contributed by atoms with E-state index < -0.39 is 52.3 Å². The Kier molecular flexibility index (Phi) is 9.01. The molecule has 0 fully saturated rings. The summed E-state index contributed by atoms with van der Waals surface area (Å²) in [6.45, 7) is 1.95. The molecule has 0 saturated heterocycles. The highest BCUT2D eigenvalue weighted by Crippen LogP contribution is 2.36. The van der Waals surface area contributed by atoms with Crippen molar-refractivity contribution in [2.24, 2.45) is 0 Å². The summed E-state index contributed by atoms with van der Waals surface area (Å²) >= 11 is 0. The van der Waals surface area contributed by atoms with Crippen LogP contribution in [0.5, 0.6) is 5.75 Å². The monoisotopic (exact) mass is 574 g/mol. The molecule has 0 heterocycles. The normalized spacial score (nSPS) is 11.2. The molecule has 0 saturated carbocycles. The van der Waals surface area contributed by atoms with Crippen LogP contribution < -0.4 is 4.74 Å². The summed E-state index contributed by atoms with van der Waals surface area (Å²) in [7, 11) is 0. The van der Waals surface area contributed by atoms with Crippen molar-refractivity contribution < 1.29 is 39.9 Å². The molecule has 0 aromatic heterocycles. The van der Waals surface area contributed by atoms with Gasteiger partial charge in [-0.15, -0.1) is 0 Å². The van der Waals surface area contributed by atoms with E-state index in [1.165, 1.54) is 24.3 Å². The standard InChI is InChI=1S/C32H22F8O/c1-2-3-4-5-20-14-26(34)30(27(35)15-20)32(39,40)41-24-13-12-22(25(33)18-24)11-8-19-6-9-21(10-7-19)23-16-28(36)31(38)29(37)17-23/h6-7,9-10,12-18H,2-5H2,1H3. The summed E-state index contributed by atoms with van der Waals surface area (Å²) in [4.78, 5) is 0. The zero-order valence-corrected chi connectivity index (χ0v) is 21.6. The number of ether oxygens (including phenoxy) is 1. The third kappa shape index (κ3) is 7.07. The Bertz CT molecular complexity index is 1570. The van der Waals surface area contributed by atoms with Crippen LogP contribution in [0.2, 0.25) is 0 Å². The first-order valence-electron chi connectivity index (χ1n) is 12.6. The van der Waals surface area contributed by atoms with E-state index in [-0.39, 0.29) is 16.7 Å². The number of rotatable bonds is 8. The van der Waals surface area contributed by atoms with Crippen molar-refractivity contribution in [3.8, 4) is 28.7 Å². The fourth-order valence-corrected chi connectivity index (χ4v) is 4.09. The Morgan fingerprint density at radius 2 is 1.29 bits per heavy atom. The maximum Gasteiger partial charge on any atom is 0.432 e. The Morgan fingerprint density at radius 3 is 1.88 bits per heavy atom. The third-order valence-electron chi connectivity index (χ3n) is 6.19. The molecule has 0 spiro atoms. The van der Waals surface area contributed by atoms with E-state index in [0.717, 1.165) is 49.2 Å². The average molecular weight is 575 g/mol. The van der Waals surface area contributed by atoms with E-state index in [9.17, 15) is 35.1 Å². The molecule has 4 aromatic rings. The highest BCUT2D eigenvalue weighted by molar-refractivity contribution is 5.64. The van der Waals surface area contributed by atoms with Gasteiger partial charge in [0.15, 0.2) is 17.5 Å². The van der Waals surface area contributed by atoms with Crippen molar-refractivity contribution in [1.82, 2.24) is 0 Å². The van der Waals surface area contributed by atoms with Crippen LogP contribution in [0.1, 0.15) is 48.4 Å². The maximum atomic E-state index is 14.7. The molecule has 0 aliphatic carbocycles. The van der Waals surface area contributed by atoms with Crippen molar-refractivity contribution in [1.29, 1.82) is 0 Å². The number of aryl methyl sites for hydroxylation is 1. The van der Waals surface area contributed by atoms with Gasteiger partial charge in [-0.1, -0.05) is 43.7 Å². The average Bonchev–Trinajstić information content (AvgIpc) is 2.90. The van der Waals surface area contributed by atoms with Crippen LogP contribution in [0.4, 0.5) is 35.1 Å². The second kappa shape index (κ2) is 12.5. The second-order valence-electron chi connectivity index (χ2n) is 9.23. The summed E-state index contributed by atoms with van der Waals surface area (Å²) in [5, 5.41) is 0. The van der Waals surface area contributed by atoms with Gasteiger partial charge in [-0.2, -0.15) is 8.78 Å². The predicted octanol–water partition coefficient (Wildman–Crippen LogP) is 9.45. The molecule has 4 rings (SSSR count). The molecule has 0 radical (unpaired) electrons. The lowest BCUT2D eigenvalue weighted by Gasteiger charge is -2.20. The van der Waals surface area contributed by atoms with Crippen LogP contribution in [-0.2, 0) is 12.5 Å². The van der Waals surface area contributed by atoms with Gasteiger partial charge < -0.3 is 4.74 Å². The molecular formula is C32H22F8O. The van der Waals surface area contributed by atoms with Crippen LogP contribution in [0.3, 0.4) is 0 Å². The molecule has 0 amide bonds. The molecular weight excluding hydrogens is 552 g/mol. The summed E-state index contributed by atoms with van der Waals surface area (Å²) < 4.78 is 118. The zero-order valence-electron chi connectivity index (χ0n) is 21.6. The van der Waals surface area contributed by atoms with E-state index in [1.54, 1.807) is 0 Å². The molecule has 9 heteroatoms. The van der Waals surface area contributed by atoms with E-state index in [1.807, 2.05) is 6.92 Å². The first kappa shape index (κ1) is 29.7. The highest BCUT2D eigenvalue weighted by atomic mass is 19.3. The van der Waals surface area contributed by atoms with Crippen LogP contribution in [0.15, 0.2) is 66.7 Å². The minimum absolute atomic E-state index is 0.0991. The Morgan fingerprint density at radius 1 is 0.659 bits per heavy atom.